The molecule has 0 radical (unpaired) electrons. The molecular formula is C17H23N5O3S. The van der Waals surface area contributed by atoms with Crippen LogP contribution in [0, 0.1) is 6.92 Å². The maximum Gasteiger partial charge on any atom is 0.252 e. The molecule has 9 heteroatoms. The van der Waals surface area contributed by atoms with E-state index in [1.165, 1.54) is 13.1 Å². The smallest absolute Gasteiger partial charge is 0.252 e. The maximum absolute atomic E-state index is 13.2. The van der Waals surface area contributed by atoms with Gasteiger partial charge in [-0.1, -0.05) is 6.07 Å². The lowest BCUT2D eigenvalue weighted by atomic mass is 9.87. The van der Waals surface area contributed by atoms with Gasteiger partial charge in [0.1, 0.15) is 5.54 Å². The summed E-state index contributed by atoms with van der Waals surface area (Å²) >= 11 is 0. The summed E-state index contributed by atoms with van der Waals surface area (Å²) in [6.45, 7) is 3.10. The van der Waals surface area contributed by atoms with E-state index >= 15 is 0 Å². The van der Waals surface area contributed by atoms with E-state index in [-0.39, 0.29) is 10.8 Å². The Morgan fingerprint density at radius 2 is 2.00 bits per heavy atom. The third kappa shape index (κ3) is 3.25. The van der Waals surface area contributed by atoms with Crippen LogP contribution in [0.4, 0.5) is 5.69 Å². The van der Waals surface area contributed by atoms with Gasteiger partial charge in [0.2, 0.25) is 10.0 Å². The fourth-order valence-electron chi connectivity index (χ4n) is 3.31. The predicted octanol–water partition coefficient (Wildman–Crippen LogP) is 0.817. The van der Waals surface area contributed by atoms with Gasteiger partial charge in [0.25, 0.3) is 5.91 Å². The van der Waals surface area contributed by atoms with Crippen LogP contribution in [0.25, 0.3) is 0 Å². The lowest BCUT2D eigenvalue weighted by Gasteiger charge is -2.36. The van der Waals surface area contributed by atoms with E-state index in [0.29, 0.717) is 37.2 Å². The van der Waals surface area contributed by atoms with Gasteiger partial charge in [0, 0.05) is 18.1 Å². The number of hydrogen-bond donors (Lipinski definition) is 3. The minimum atomic E-state index is -3.60. The molecule has 140 valence electrons. The molecule has 1 saturated heterocycles. The highest BCUT2D eigenvalue weighted by Crippen LogP contribution is 2.30. The Morgan fingerprint density at radius 1 is 1.27 bits per heavy atom. The largest absolute Gasteiger partial charge is 0.324 e. The fourth-order valence-corrected chi connectivity index (χ4v) is 4.30. The predicted molar refractivity (Wildman–Crippen MR) is 98.4 cm³/mol. The van der Waals surface area contributed by atoms with E-state index in [9.17, 15) is 13.2 Å². The lowest BCUT2D eigenvalue weighted by Crippen LogP contribution is -2.52. The van der Waals surface area contributed by atoms with Crippen molar-refractivity contribution in [3.63, 3.8) is 0 Å². The number of nitrogens with zero attached hydrogens (tertiary/aromatic N) is 2. The van der Waals surface area contributed by atoms with Gasteiger partial charge < -0.3 is 10.6 Å². The van der Waals surface area contributed by atoms with Crippen molar-refractivity contribution in [3.8, 4) is 0 Å². The number of rotatable bonds is 5. The Kier molecular flexibility index (Phi) is 5.12. The Morgan fingerprint density at radius 3 is 2.62 bits per heavy atom. The quantitative estimate of drug-likeness (QED) is 0.715. The van der Waals surface area contributed by atoms with Crippen LogP contribution in [0.3, 0.4) is 0 Å². The molecule has 8 nitrogen and oxygen atoms in total. The van der Waals surface area contributed by atoms with Gasteiger partial charge in [-0.15, -0.1) is 0 Å². The molecule has 0 unspecified atom stereocenters. The van der Waals surface area contributed by atoms with Crippen LogP contribution in [-0.2, 0) is 20.4 Å². The van der Waals surface area contributed by atoms with Crippen molar-refractivity contribution in [2.75, 3.05) is 25.5 Å². The van der Waals surface area contributed by atoms with E-state index in [1.807, 2.05) is 0 Å². The van der Waals surface area contributed by atoms with Crippen molar-refractivity contribution in [1.82, 2.24) is 19.8 Å². The van der Waals surface area contributed by atoms with Crippen LogP contribution in [0.2, 0.25) is 0 Å². The van der Waals surface area contributed by atoms with E-state index in [2.05, 4.69) is 20.5 Å². The second-order valence-corrected chi connectivity index (χ2v) is 8.18. The summed E-state index contributed by atoms with van der Waals surface area (Å²) in [5.41, 5.74) is 0.190. The van der Waals surface area contributed by atoms with Crippen molar-refractivity contribution in [2.45, 2.75) is 30.2 Å². The molecule has 0 aliphatic carbocycles. The maximum atomic E-state index is 13.2. The molecule has 3 N–H and O–H groups in total. The van der Waals surface area contributed by atoms with Crippen LogP contribution >= 0.6 is 0 Å². The zero-order valence-electron chi connectivity index (χ0n) is 14.8. The highest BCUT2D eigenvalue weighted by Gasteiger charge is 2.42. The molecule has 0 saturated carbocycles. The molecule has 1 fully saturated rings. The monoisotopic (exact) mass is 377 g/mol. The number of anilines is 1. The van der Waals surface area contributed by atoms with Crippen molar-refractivity contribution in [2.24, 2.45) is 0 Å². The minimum Gasteiger partial charge on any atom is -0.324 e. The van der Waals surface area contributed by atoms with Gasteiger partial charge in [0.15, 0.2) is 0 Å². The number of hydrogen-bond acceptors (Lipinski definition) is 5. The SMILES string of the molecule is CNS(=O)(=O)c1cccc(NC(=O)C2(n3cccn3)CCNCC2)c1C. The number of aromatic nitrogens is 2. The Bertz CT molecular complexity index is 887. The first-order valence-electron chi connectivity index (χ1n) is 8.46. The van der Waals surface area contributed by atoms with Crippen molar-refractivity contribution < 1.29 is 13.2 Å². The summed E-state index contributed by atoms with van der Waals surface area (Å²) < 4.78 is 28.3. The van der Waals surface area contributed by atoms with Gasteiger partial charge in [0.05, 0.1) is 4.90 Å². The van der Waals surface area contributed by atoms with E-state index in [0.717, 1.165) is 0 Å². The summed E-state index contributed by atoms with van der Waals surface area (Å²) in [4.78, 5) is 13.4. The minimum absolute atomic E-state index is 0.149. The molecule has 2 aromatic rings. The summed E-state index contributed by atoms with van der Waals surface area (Å²) in [6, 6.07) is 6.64. The second-order valence-electron chi connectivity index (χ2n) is 6.32. The van der Waals surface area contributed by atoms with Crippen molar-refractivity contribution in [3.05, 3.63) is 42.2 Å². The molecule has 0 bridgehead atoms. The third-order valence-corrected chi connectivity index (χ3v) is 6.45. The number of piperidine rings is 1. The first-order valence-corrected chi connectivity index (χ1v) is 9.94. The Balaban J connectivity index is 1.95. The number of sulfonamides is 1. The molecule has 2 heterocycles. The first-order chi connectivity index (χ1) is 12.4. The molecule has 3 rings (SSSR count). The summed E-state index contributed by atoms with van der Waals surface area (Å²) in [6.07, 6.45) is 4.66. The van der Waals surface area contributed by atoms with Crippen LogP contribution in [0.15, 0.2) is 41.6 Å². The molecule has 1 aliphatic heterocycles. The Hall–Kier alpha value is -2.23. The molecule has 1 amide bonds. The molecule has 1 aromatic carbocycles. The average molecular weight is 377 g/mol. The molecule has 1 aliphatic rings. The molecular weight excluding hydrogens is 354 g/mol. The van der Waals surface area contributed by atoms with E-state index < -0.39 is 15.6 Å². The summed E-state index contributed by atoms with van der Waals surface area (Å²) in [5.74, 6) is -0.190. The molecule has 26 heavy (non-hydrogen) atoms. The van der Waals surface area contributed by atoms with Gasteiger partial charge in [-0.2, -0.15) is 5.10 Å². The topological polar surface area (TPSA) is 105 Å². The summed E-state index contributed by atoms with van der Waals surface area (Å²) in [5, 5.41) is 10.5. The molecule has 0 spiro atoms. The zero-order valence-corrected chi connectivity index (χ0v) is 15.6. The standard InChI is InChI=1S/C17H23N5O3S/c1-13-14(5-3-6-15(13)26(24,25)18-2)21-16(23)17(7-10-19-11-8-17)22-12-4-9-20-22/h3-6,9,12,18-19H,7-8,10-11H2,1-2H3,(H,21,23). The lowest BCUT2D eigenvalue weighted by molar-refractivity contribution is -0.126. The van der Waals surface area contributed by atoms with Crippen LogP contribution < -0.4 is 15.4 Å². The van der Waals surface area contributed by atoms with E-state index in [4.69, 9.17) is 0 Å². The van der Waals surface area contributed by atoms with Gasteiger partial charge in [-0.25, -0.2) is 13.1 Å². The van der Waals surface area contributed by atoms with Crippen LogP contribution in [0.5, 0.6) is 0 Å². The highest BCUT2D eigenvalue weighted by molar-refractivity contribution is 7.89. The van der Waals surface area contributed by atoms with Crippen molar-refractivity contribution in [1.29, 1.82) is 0 Å². The number of carbonyl (C=O) groups is 1. The number of benzene rings is 1. The van der Waals surface area contributed by atoms with Crippen LogP contribution in [0.1, 0.15) is 18.4 Å². The number of carbonyl (C=O) groups excluding carboxylic acids is 1. The van der Waals surface area contributed by atoms with Crippen LogP contribution in [-0.4, -0.2) is 44.2 Å². The fraction of sp³-hybridized carbons (Fsp3) is 0.412. The third-order valence-electron chi connectivity index (χ3n) is 4.89. The average Bonchev–Trinajstić information content (AvgIpc) is 3.19. The summed E-state index contributed by atoms with van der Waals surface area (Å²) in [7, 11) is -2.24. The normalized spacial score (nSPS) is 17.0. The number of amides is 1. The molecule has 1 aromatic heterocycles. The second kappa shape index (κ2) is 7.18. The van der Waals surface area contributed by atoms with Gasteiger partial charge >= 0.3 is 0 Å². The number of nitrogens with one attached hydrogen (secondary N) is 3. The first kappa shape index (κ1) is 18.6. The van der Waals surface area contributed by atoms with Gasteiger partial charge in [-0.05, 0) is 63.7 Å². The van der Waals surface area contributed by atoms with Gasteiger partial charge in [-0.3, -0.25) is 9.48 Å². The van der Waals surface area contributed by atoms with Crippen molar-refractivity contribution >= 4 is 21.6 Å². The highest BCUT2D eigenvalue weighted by atomic mass is 32.2. The Labute approximate surface area is 153 Å². The van der Waals surface area contributed by atoms with E-state index in [1.54, 1.807) is 42.2 Å². The zero-order chi connectivity index (χ0) is 18.8. The molecule has 0 atom stereocenters.